The van der Waals surface area contributed by atoms with Gasteiger partial charge in [0, 0.05) is 38.5 Å². The minimum Gasteiger partial charge on any atom is -0.330 e. The summed E-state index contributed by atoms with van der Waals surface area (Å²) in [6.07, 6.45) is 2.80. The molecule has 0 fully saturated rings. The van der Waals surface area contributed by atoms with Gasteiger partial charge in [-0.3, -0.25) is 0 Å². The molecule has 0 heterocycles. The van der Waals surface area contributed by atoms with Crippen molar-refractivity contribution in [3.8, 4) is 12.1 Å². The van der Waals surface area contributed by atoms with Gasteiger partial charge in [-0.05, 0) is 25.3 Å². The van der Waals surface area contributed by atoms with Crippen LogP contribution in [0.25, 0.3) is 0 Å². The Labute approximate surface area is 110 Å². The molecule has 0 aliphatic heterocycles. The standard InChI is InChI=1S/C13H25N5/c1-12(10-13(17)4-7-16)11-18(8-2-5-14)9-3-6-15/h12-13H,2-4,7-11,16-17H2,1H3. The van der Waals surface area contributed by atoms with Gasteiger partial charge in [0.1, 0.15) is 0 Å². The molecule has 0 aliphatic rings. The molecule has 0 aliphatic carbocycles. The van der Waals surface area contributed by atoms with Crippen molar-refractivity contribution in [1.82, 2.24) is 4.90 Å². The summed E-state index contributed by atoms with van der Waals surface area (Å²) in [5.41, 5.74) is 11.4. The average molecular weight is 251 g/mol. The first-order valence-corrected chi connectivity index (χ1v) is 6.55. The number of rotatable bonds is 10. The molecule has 0 aromatic heterocycles. The van der Waals surface area contributed by atoms with E-state index >= 15 is 0 Å². The fourth-order valence-corrected chi connectivity index (χ4v) is 2.07. The van der Waals surface area contributed by atoms with Gasteiger partial charge in [-0.1, -0.05) is 6.92 Å². The summed E-state index contributed by atoms with van der Waals surface area (Å²) < 4.78 is 0. The molecular formula is C13H25N5. The molecule has 4 N–H and O–H groups in total. The van der Waals surface area contributed by atoms with Gasteiger partial charge in [0.2, 0.25) is 0 Å². The van der Waals surface area contributed by atoms with Crippen molar-refractivity contribution >= 4 is 0 Å². The molecule has 0 bridgehead atoms. The summed E-state index contributed by atoms with van der Waals surface area (Å²) in [4.78, 5) is 2.17. The maximum absolute atomic E-state index is 8.61. The Bertz CT molecular complexity index is 260. The van der Waals surface area contributed by atoms with Gasteiger partial charge >= 0.3 is 0 Å². The second-order valence-electron chi connectivity index (χ2n) is 4.80. The largest absolute Gasteiger partial charge is 0.330 e. The summed E-state index contributed by atoms with van der Waals surface area (Å²) in [6, 6.07) is 4.44. The van der Waals surface area contributed by atoms with E-state index < -0.39 is 0 Å². The minimum absolute atomic E-state index is 0.152. The summed E-state index contributed by atoms with van der Waals surface area (Å²) in [7, 11) is 0. The molecule has 0 rings (SSSR count). The van der Waals surface area contributed by atoms with Crippen molar-refractivity contribution in [2.24, 2.45) is 17.4 Å². The smallest absolute Gasteiger partial charge is 0.0635 e. The molecule has 102 valence electrons. The Balaban J connectivity index is 4.04. The molecule has 0 aromatic rings. The third-order valence-corrected chi connectivity index (χ3v) is 2.89. The molecule has 0 spiro atoms. The molecule has 5 nitrogen and oxygen atoms in total. The maximum atomic E-state index is 8.61. The highest BCUT2D eigenvalue weighted by Crippen LogP contribution is 2.10. The van der Waals surface area contributed by atoms with Gasteiger partial charge in [0.15, 0.2) is 0 Å². The summed E-state index contributed by atoms with van der Waals surface area (Å²) in [5.74, 6) is 0.462. The van der Waals surface area contributed by atoms with Gasteiger partial charge in [0.25, 0.3) is 0 Å². The molecule has 0 saturated heterocycles. The Hall–Kier alpha value is -1.14. The zero-order valence-electron chi connectivity index (χ0n) is 11.3. The van der Waals surface area contributed by atoms with E-state index in [0.29, 0.717) is 25.3 Å². The van der Waals surface area contributed by atoms with Crippen LogP contribution in [-0.2, 0) is 0 Å². The van der Waals surface area contributed by atoms with Crippen LogP contribution in [0.3, 0.4) is 0 Å². The van der Waals surface area contributed by atoms with Crippen LogP contribution in [0.15, 0.2) is 0 Å². The van der Waals surface area contributed by atoms with Crippen LogP contribution in [0.1, 0.15) is 32.6 Å². The number of nitrogens with two attached hydrogens (primary N) is 2. The van der Waals surface area contributed by atoms with Gasteiger partial charge in [-0.2, -0.15) is 10.5 Å². The van der Waals surface area contributed by atoms with Crippen LogP contribution in [0.5, 0.6) is 0 Å². The van der Waals surface area contributed by atoms with E-state index in [-0.39, 0.29) is 6.04 Å². The quantitative estimate of drug-likeness (QED) is 0.598. The fraction of sp³-hybridized carbons (Fsp3) is 0.846. The topological polar surface area (TPSA) is 103 Å². The summed E-state index contributed by atoms with van der Waals surface area (Å²) in [5, 5.41) is 17.2. The minimum atomic E-state index is 0.152. The molecular weight excluding hydrogens is 226 g/mol. The molecule has 0 aromatic carbocycles. The summed E-state index contributed by atoms with van der Waals surface area (Å²) >= 11 is 0. The van der Waals surface area contributed by atoms with E-state index in [0.717, 1.165) is 32.5 Å². The van der Waals surface area contributed by atoms with Crippen molar-refractivity contribution < 1.29 is 0 Å². The molecule has 2 atom stereocenters. The Morgan fingerprint density at radius 1 is 1.17 bits per heavy atom. The number of nitrogens with zero attached hydrogens (tertiary/aromatic N) is 3. The first kappa shape index (κ1) is 16.9. The lowest BCUT2D eigenvalue weighted by atomic mass is 9.99. The first-order chi connectivity index (χ1) is 8.63. The fourth-order valence-electron chi connectivity index (χ4n) is 2.07. The molecule has 5 heteroatoms. The zero-order valence-corrected chi connectivity index (χ0v) is 11.3. The third-order valence-electron chi connectivity index (χ3n) is 2.89. The zero-order chi connectivity index (χ0) is 13.8. The van der Waals surface area contributed by atoms with Crippen LogP contribution < -0.4 is 11.5 Å². The average Bonchev–Trinajstić information content (AvgIpc) is 2.32. The van der Waals surface area contributed by atoms with Gasteiger partial charge in [-0.25, -0.2) is 0 Å². The molecule has 0 saturated carbocycles. The van der Waals surface area contributed by atoms with E-state index in [9.17, 15) is 0 Å². The van der Waals surface area contributed by atoms with E-state index in [4.69, 9.17) is 22.0 Å². The highest BCUT2D eigenvalue weighted by atomic mass is 15.1. The Morgan fingerprint density at radius 3 is 2.17 bits per heavy atom. The second-order valence-corrected chi connectivity index (χ2v) is 4.80. The lowest BCUT2D eigenvalue weighted by Gasteiger charge is -2.25. The van der Waals surface area contributed by atoms with Crippen LogP contribution in [0.4, 0.5) is 0 Å². The first-order valence-electron chi connectivity index (χ1n) is 6.55. The number of nitriles is 2. The van der Waals surface area contributed by atoms with Gasteiger partial charge in [0.05, 0.1) is 12.1 Å². The van der Waals surface area contributed by atoms with Gasteiger partial charge in [-0.15, -0.1) is 0 Å². The number of hydrogen-bond acceptors (Lipinski definition) is 5. The highest BCUT2D eigenvalue weighted by molar-refractivity contribution is 4.78. The van der Waals surface area contributed by atoms with Gasteiger partial charge < -0.3 is 16.4 Å². The van der Waals surface area contributed by atoms with Crippen molar-refractivity contribution in [3.63, 3.8) is 0 Å². The van der Waals surface area contributed by atoms with Crippen molar-refractivity contribution in [2.45, 2.75) is 38.6 Å². The van der Waals surface area contributed by atoms with Crippen molar-refractivity contribution in [3.05, 3.63) is 0 Å². The lowest BCUT2D eigenvalue weighted by Crippen LogP contribution is -2.34. The van der Waals surface area contributed by atoms with E-state index in [2.05, 4.69) is 24.0 Å². The molecule has 0 radical (unpaired) electrons. The SMILES string of the molecule is CC(CC(N)CCN)CN(CCC#N)CCC#N. The highest BCUT2D eigenvalue weighted by Gasteiger charge is 2.13. The molecule has 2 unspecified atom stereocenters. The van der Waals surface area contributed by atoms with E-state index in [1.807, 2.05) is 0 Å². The Kier molecular flexibility index (Phi) is 10.3. The van der Waals surface area contributed by atoms with Crippen molar-refractivity contribution in [2.75, 3.05) is 26.2 Å². The van der Waals surface area contributed by atoms with Crippen LogP contribution in [-0.4, -0.2) is 37.1 Å². The normalized spacial score (nSPS) is 13.9. The lowest BCUT2D eigenvalue weighted by molar-refractivity contribution is 0.234. The van der Waals surface area contributed by atoms with Crippen LogP contribution in [0.2, 0.25) is 0 Å². The Morgan fingerprint density at radius 2 is 1.72 bits per heavy atom. The van der Waals surface area contributed by atoms with Crippen LogP contribution >= 0.6 is 0 Å². The third kappa shape index (κ3) is 8.95. The molecule has 0 amide bonds. The van der Waals surface area contributed by atoms with E-state index in [1.165, 1.54) is 0 Å². The predicted molar refractivity (Wildman–Crippen MR) is 72.3 cm³/mol. The molecule has 18 heavy (non-hydrogen) atoms. The van der Waals surface area contributed by atoms with E-state index in [1.54, 1.807) is 0 Å². The maximum Gasteiger partial charge on any atom is 0.0635 e. The summed E-state index contributed by atoms with van der Waals surface area (Å²) in [6.45, 7) is 5.13. The number of hydrogen-bond donors (Lipinski definition) is 2. The van der Waals surface area contributed by atoms with Crippen molar-refractivity contribution in [1.29, 1.82) is 10.5 Å². The monoisotopic (exact) mass is 251 g/mol. The predicted octanol–water partition coefficient (Wildman–Crippen LogP) is 0.818. The second kappa shape index (κ2) is 11.0. The van der Waals surface area contributed by atoms with Crippen LogP contribution in [0, 0.1) is 28.6 Å².